The summed E-state index contributed by atoms with van der Waals surface area (Å²) in [5, 5.41) is 14.1. The number of ether oxygens (including phenoxy) is 2. The summed E-state index contributed by atoms with van der Waals surface area (Å²) >= 11 is 5.85. The van der Waals surface area contributed by atoms with Crippen LogP contribution in [-0.4, -0.2) is 24.0 Å². The van der Waals surface area contributed by atoms with Gasteiger partial charge in [0.2, 0.25) is 0 Å². The summed E-state index contributed by atoms with van der Waals surface area (Å²) < 4.78 is 10.4. The molecule has 8 heteroatoms. The molecule has 0 unspecified atom stereocenters. The monoisotopic (exact) mass is 350 g/mol. The molecule has 0 heterocycles. The van der Waals surface area contributed by atoms with Gasteiger partial charge in [0.1, 0.15) is 17.2 Å². The second kappa shape index (κ2) is 7.65. The Balaban J connectivity index is 2.12. The predicted octanol–water partition coefficient (Wildman–Crippen LogP) is 3.66. The number of hydrogen-bond donors (Lipinski definition) is 1. The highest BCUT2D eigenvalue weighted by molar-refractivity contribution is 6.30. The minimum atomic E-state index is -0.870. The summed E-state index contributed by atoms with van der Waals surface area (Å²) in [5.41, 5.74) is -0.204. The quantitative estimate of drug-likeness (QED) is 0.634. The SMILES string of the molecule is COc1ccc(NC(=O)[C@@H](C)Oc2cccc(Cl)c2)c([N+](=O)[O-])c1. The second-order valence-electron chi connectivity index (χ2n) is 4.85. The summed E-state index contributed by atoms with van der Waals surface area (Å²) in [5.74, 6) is 0.223. The van der Waals surface area contributed by atoms with Gasteiger partial charge in [-0.2, -0.15) is 0 Å². The molecule has 126 valence electrons. The Kier molecular flexibility index (Phi) is 5.59. The Bertz CT molecular complexity index is 766. The van der Waals surface area contributed by atoms with Gasteiger partial charge in [-0.1, -0.05) is 17.7 Å². The Morgan fingerprint density at radius 2 is 2.00 bits per heavy atom. The smallest absolute Gasteiger partial charge is 0.296 e. The number of hydrogen-bond acceptors (Lipinski definition) is 5. The van der Waals surface area contributed by atoms with E-state index in [0.29, 0.717) is 16.5 Å². The van der Waals surface area contributed by atoms with Crippen molar-refractivity contribution in [2.45, 2.75) is 13.0 Å². The van der Waals surface area contributed by atoms with Crippen molar-refractivity contribution in [1.29, 1.82) is 0 Å². The van der Waals surface area contributed by atoms with Crippen LogP contribution in [0.5, 0.6) is 11.5 Å². The summed E-state index contributed by atoms with van der Waals surface area (Å²) in [6.07, 6.45) is -0.870. The van der Waals surface area contributed by atoms with Gasteiger partial charge in [0.05, 0.1) is 18.1 Å². The van der Waals surface area contributed by atoms with E-state index in [-0.39, 0.29) is 11.4 Å². The zero-order valence-electron chi connectivity index (χ0n) is 13.0. The van der Waals surface area contributed by atoms with Crippen molar-refractivity contribution in [1.82, 2.24) is 0 Å². The van der Waals surface area contributed by atoms with Crippen LogP contribution >= 0.6 is 11.6 Å². The Labute approximate surface area is 143 Å². The minimum absolute atomic E-state index is 0.0624. The van der Waals surface area contributed by atoms with Crippen LogP contribution in [0, 0.1) is 10.1 Å². The zero-order valence-corrected chi connectivity index (χ0v) is 13.7. The number of nitro groups is 1. The first-order chi connectivity index (χ1) is 11.4. The predicted molar refractivity (Wildman–Crippen MR) is 89.8 cm³/mol. The van der Waals surface area contributed by atoms with Crippen LogP contribution in [-0.2, 0) is 4.79 Å². The summed E-state index contributed by atoms with van der Waals surface area (Å²) in [7, 11) is 1.40. The van der Waals surface area contributed by atoms with E-state index in [1.54, 1.807) is 24.3 Å². The molecular formula is C16H15ClN2O5. The van der Waals surface area contributed by atoms with E-state index >= 15 is 0 Å². The van der Waals surface area contributed by atoms with Crippen molar-refractivity contribution in [2.24, 2.45) is 0 Å². The first kappa shape index (κ1) is 17.6. The third-order valence-electron chi connectivity index (χ3n) is 3.14. The van der Waals surface area contributed by atoms with Gasteiger partial charge < -0.3 is 14.8 Å². The molecule has 0 spiro atoms. The van der Waals surface area contributed by atoms with Gasteiger partial charge in [0, 0.05) is 5.02 Å². The van der Waals surface area contributed by atoms with E-state index < -0.39 is 16.9 Å². The molecule has 2 aromatic carbocycles. The highest BCUT2D eigenvalue weighted by Gasteiger charge is 2.21. The van der Waals surface area contributed by atoms with Crippen LogP contribution in [0.25, 0.3) is 0 Å². The number of rotatable bonds is 6. The third kappa shape index (κ3) is 4.36. The van der Waals surface area contributed by atoms with Gasteiger partial charge in [0.25, 0.3) is 11.6 Å². The number of anilines is 1. The molecule has 2 aromatic rings. The van der Waals surface area contributed by atoms with Gasteiger partial charge >= 0.3 is 0 Å². The Hall–Kier alpha value is -2.80. The standard InChI is InChI=1S/C16H15ClN2O5/c1-10(24-13-5-3-4-11(17)8-13)16(20)18-14-7-6-12(23-2)9-15(14)19(21)22/h3-10H,1-2H3,(H,18,20)/t10-/m1/s1. The van der Waals surface area contributed by atoms with Crippen LogP contribution in [0.15, 0.2) is 42.5 Å². The van der Waals surface area contributed by atoms with Crippen LogP contribution < -0.4 is 14.8 Å². The molecular weight excluding hydrogens is 336 g/mol. The lowest BCUT2D eigenvalue weighted by Gasteiger charge is -2.15. The number of carbonyl (C=O) groups excluding carboxylic acids is 1. The molecule has 0 radical (unpaired) electrons. The van der Waals surface area contributed by atoms with Crippen molar-refractivity contribution in [3.8, 4) is 11.5 Å². The molecule has 0 bridgehead atoms. The lowest BCUT2D eigenvalue weighted by molar-refractivity contribution is -0.384. The fraction of sp³-hybridized carbons (Fsp3) is 0.188. The molecule has 24 heavy (non-hydrogen) atoms. The average Bonchev–Trinajstić information content (AvgIpc) is 2.54. The summed E-state index contributed by atoms with van der Waals surface area (Å²) in [6.45, 7) is 1.53. The van der Waals surface area contributed by atoms with Crippen LogP contribution in [0.3, 0.4) is 0 Å². The van der Waals surface area contributed by atoms with Gasteiger partial charge in [-0.25, -0.2) is 0 Å². The number of benzene rings is 2. The summed E-state index contributed by atoms with van der Waals surface area (Å²) in [4.78, 5) is 22.7. The molecule has 1 amide bonds. The van der Waals surface area contributed by atoms with E-state index in [2.05, 4.69) is 5.32 Å². The first-order valence-electron chi connectivity index (χ1n) is 6.96. The van der Waals surface area contributed by atoms with Crippen molar-refractivity contribution in [2.75, 3.05) is 12.4 Å². The minimum Gasteiger partial charge on any atom is -0.496 e. The number of nitro benzene ring substituents is 1. The van der Waals surface area contributed by atoms with Crippen molar-refractivity contribution in [3.05, 3.63) is 57.6 Å². The number of halogens is 1. The topological polar surface area (TPSA) is 90.7 Å². The number of carbonyl (C=O) groups is 1. The number of nitrogens with zero attached hydrogens (tertiary/aromatic N) is 1. The number of amides is 1. The highest BCUT2D eigenvalue weighted by atomic mass is 35.5. The Morgan fingerprint density at radius 3 is 2.62 bits per heavy atom. The largest absolute Gasteiger partial charge is 0.496 e. The van der Waals surface area contributed by atoms with Gasteiger partial charge in [-0.05, 0) is 37.3 Å². The maximum Gasteiger partial charge on any atom is 0.296 e. The molecule has 1 N–H and O–H groups in total. The maximum atomic E-state index is 12.2. The van der Waals surface area contributed by atoms with E-state index in [1.807, 2.05) is 0 Å². The van der Waals surface area contributed by atoms with Gasteiger partial charge in [0.15, 0.2) is 6.10 Å². The molecule has 0 aliphatic heterocycles. The van der Waals surface area contributed by atoms with E-state index in [0.717, 1.165) is 0 Å². The van der Waals surface area contributed by atoms with Crippen LogP contribution in [0.2, 0.25) is 5.02 Å². The third-order valence-corrected chi connectivity index (χ3v) is 3.37. The molecule has 7 nitrogen and oxygen atoms in total. The van der Waals surface area contributed by atoms with E-state index in [1.165, 1.54) is 32.2 Å². The second-order valence-corrected chi connectivity index (χ2v) is 5.28. The normalized spacial score (nSPS) is 11.5. The molecule has 0 aliphatic carbocycles. The fourth-order valence-corrected chi connectivity index (χ4v) is 2.11. The van der Waals surface area contributed by atoms with E-state index in [9.17, 15) is 14.9 Å². The summed E-state index contributed by atoms with van der Waals surface area (Å²) in [6, 6.07) is 10.8. The molecule has 0 aromatic heterocycles. The maximum absolute atomic E-state index is 12.2. The lowest BCUT2D eigenvalue weighted by Crippen LogP contribution is -2.30. The Morgan fingerprint density at radius 1 is 1.25 bits per heavy atom. The molecule has 2 rings (SSSR count). The van der Waals surface area contributed by atoms with Crippen LogP contribution in [0.4, 0.5) is 11.4 Å². The first-order valence-corrected chi connectivity index (χ1v) is 7.34. The van der Waals surface area contributed by atoms with Crippen LogP contribution in [0.1, 0.15) is 6.92 Å². The fourth-order valence-electron chi connectivity index (χ4n) is 1.93. The number of methoxy groups -OCH3 is 1. The molecule has 1 atom stereocenters. The van der Waals surface area contributed by atoms with Gasteiger partial charge in [-0.3, -0.25) is 14.9 Å². The molecule has 0 fully saturated rings. The number of nitrogens with one attached hydrogen (secondary N) is 1. The van der Waals surface area contributed by atoms with Crippen molar-refractivity contribution >= 4 is 28.9 Å². The van der Waals surface area contributed by atoms with Crippen molar-refractivity contribution < 1.29 is 19.2 Å². The highest BCUT2D eigenvalue weighted by Crippen LogP contribution is 2.29. The molecule has 0 saturated heterocycles. The molecule has 0 saturated carbocycles. The van der Waals surface area contributed by atoms with Crippen molar-refractivity contribution in [3.63, 3.8) is 0 Å². The lowest BCUT2D eigenvalue weighted by atomic mass is 10.2. The average molecular weight is 351 g/mol. The molecule has 0 aliphatic rings. The zero-order chi connectivity index (χ0) is 17.7. The van der Waals surface area contributed by atoms with E-state index in [4.69, 9.17) is 21.1 Å². The van der Waals surface area contributed by atoms with Gasteiger partial charge in [-0.15, -0.1) is 0 Å².